The van der Waals surface area contributed by atoms with E-state index in [-0.39, 0.29) is 11.7 Å². The Morgan fingerprint density at radius 2 is 2.20 bits per heavy atom. The number of hydrogen-bond donors (Lipinski definition) is 1. The average molecular weight is 207 g/mol. The molecule has 2 rings (SSSR count). The summed E-state index contributed by atoms with van der Waals surface area (Å²) < 4.78 is 13.7. The number of benzene rings is 1. The monoisotopic (exact) mass is 207 g/mol. The lowest BCUT2D eigenvalue weighted by atomic mass is 9.98. The van der Waals surface area contributed by atoms with Crippen LogP contribution in [0, 0.1) is 5.82 Å². The van der Waals surface area contributed by atoms with Gasteiger partial charge in [0.1, 0.15) is 5.82 Å². The molecule has 1 heterocycles. The minimum absolute atomic E-state index is 0.0591. The third-order valence-corrected chi connectivity index (χ3v) is 3.11. The van der Waals surface area contributed by atoms with E-state index in [1.807, 2.05) is 19.9 Å². The second-order valence-corrected chi connectivity index (χ2v) is 4.58. The van der Waals surface area contributed by atoms with Crippen molar-refractivity contribution in [2.45, 2.75) is 38.6 Å². The summed E-state index contributed by atoms with van der Waals surface area (Å²) in [5.41, 5.74) is 1.91. The zero-order valence-corrected chi connectivity index (χ0v) is 9.39. The molecule has 1 aliphatic rings. The van der Waals surface area contributed by atoms with E-state index in [4.69, 9.17) is 0 Å². The molecular formula is C13H18FN. The van der Waals surface area contributed by atoms with Gasteiger partial charge in [0.05, 0.1) is 0 Å². The molecule has 0 amide bonds. The van der Waals surface area contributed by atoms with E-state index in [0.717, 1.165) is 24.1 Å². The van der Waals surface area contributed by atoms with Gasteiger partial charge < -0.3 is 5.32 Å². The maximum atomic E-state index is 13.7. The molecule has 1 saturated heterocycles. The van der Waals surface area contributed by atoms with Gasteiger partial charge in [-0.05, 0) is 42.5 Å². The van der Waals surface area contributed by atoms with Crippen LogP contribution in [0.15, 0.2) is 18.2 Å². The lowest BCUT2D eigenvalue weighted by Gasteiger charge is -2.13. The molecule has 1 fully saturated rings. The Hall–Kier alpha value is -0.890. The normalized spacial score (nSPS) is 21.2. The van der Waals surface area contributed by atoms with Gasteiger partial charge in [0, 0.05) is 6.04 Å². The van der Waals surface area contributed by atoms with Gasteiger partial charge in [-0.2, -0.15) is 0 Å². The van der Waals surface area contributed by atoms with Gasteiger partial charge in [0.15, 0.2) is 0 Å². The van der Waals surface area contributed by atoms with Crippen LogP contribution < -0.4 is 5.32 Å². The highest BCUT2D eigenvalue weighted by Gasteiger charge is 2.17. The summed E-state index contributed by atoms with van der Waals surface area (Å²) in [5.74, 6) is 0.201. The fraction of sp³-hybridized carbons (Fsp3) is 0.538. The minimum atomic E-state index is -0.0591. The second kappa shape index (κ2) is 4.31. The molecule has 0 spiro atoms. The summed E-state index contributed by atoms with van der Waals surface area (Å²) >= 11 is 0. The van der Waals surface area contributed by atoms with Crippen LogP contribution in [0.1, 0.15) is 49.8 Å². The summed E-state index contributed by atoms with van der Waals surface area (Å²) in [4.78, 5) is 0. The third kappa shape index (κ3) is 2.20. The van der Waals surface area contributed by atoms with Crippen LogP contribution in [0.5, 0.6) is 0 Å². The Morgan fingerprint density at radius 1 is 1.40 bits per heavy atom. The summed E-state index contributed by atoms with van der Waals surface area (Å²) in [6, 6.07) is 6.04. The quantitative estimate of drug-likeness (QED) is 0.784. The van der Waals surface area contributed by atoms with Gasteiger partial charge in [0.25, 0.3) is 0 Å². The number of halogens is 1. The predicted molar refractivity (Wildman–Crippen MR) is 60.5 cm³/mol. The largest absolute Gasteiger partial charge is 0.310 e. The molecule has 1 atom stereocenters. The first-order valence-corrected chi connectivity index (χ1v) is 5.71. The van der Waals surface area contributed by atoms with Crippen molar-refractivity contribution in [1.82, 2.24) is 5.32 Å². The van der Waals surface area contributed by atoms with E-state index in [0.29, 0.717) is 6.04 Å². The second-order valence-electron chi connectivity index (χ2n) is 4.58. The fourth-order valence-electron chi connectivity index (χ4n) is 2.20. The Bertz CT molecular complexity index is 340. The predicted octanol–water partition coefficient (Wildman–Crippen LogP) is 3.37. The molecule has 82 valence electrons. The van der Waals surface area contributed by atoms with Crippen molar-refractivity contribution in [3.8, 4) is 0 Å². The highest BCUT2D eigenvalue weighted by Crippen LogP contribution is 2.26. The van der Waals surface area contributed by atoms with Crippen LogP contribution in [-0.2, 0) is 0 Å². The first-order valence-electron chi connectivity index (χ1n) is 5.71. The third-order valence-electron chi connectivity index (χ3n) is 3.11. The Kier molecular flexibility index (Phi) is 3.06. The summed E-state index contributed by atoms with van der Waals surface area (Å²) in [6.07, 6.45) is 2.32. The van der Waals surface area contributed by atoms with E-state index in [1.165, 1.54) is 6.42 Å². The van der Waals surface area contributed by atoms with Crippen molar-refractivity contribution >= 4 is 0 Å². The maximum absolute atomic E-state index is 13.7. The molecule has 0 aromatic heterocycles. The van der Waals surface area contributed by atoms with Crippen molar-refractivity contribution < 1.29 is 4.39 Å². The van der Waals surface area contributed by atoms with Crippen molar-refractivity contribution in [3.05, 3.63) is 35.1 Å². The van der Waals surface area contributed by atoms with Crippen LogP contribution >= 0.6 is 0 Å². The van der Waals surface area contributed by atoms with E-state index < -0.39 is 0 Å². The molecule has 0 radical (unpaired) electrons. The van der Waals surface area contributed by atoms with Crippen molar-refractivity contribution in [2.75, 3.05) is 6.54 Å². The lowest BCUT2D eigenvalue weighted by molar-refractivity contribution is 0.584. The lowest BCUT2D eigenvalue weighted by Crippen LogP contribution is -2.13. The van der Waals surface area contributed by atoms with Gasteiger partial charge >= 0.3 is 0 Å². The Labute approximate surface area is 90.7 Å². The van der Waals surface area contributed by atoms with Crippen LogP contribution in [0.25, 0.3) is 0 Å². The molecule has 0 saturated carbocycles. The van der Waals surface area contributed by atoms with Gasteiger partial charge in [-0.1, -0.05) is 26.0 Å². The highest BCUT2D eigenvalue weighted by atomic mass is 19.1. The summed E-state index contributed by atoms with van der Waals surface area (Å²) in [6.45, 7) is 5.09. The molecule has 2 heteroatoms. The standard InChI is InChI=1S/C13H18FN/c1-9(2)11-6-5-10(8-12(11)14)13-4-3-7-15-13/h5-6,8-9,13,15H,3-4,7H2,1-2H3. The van der Waals surface area contributed by atoms with Gasteiger partial charge in [-0.15, -0.1) is 0 Å². The highest BCUT2D eigenvalue weighted by molar-refractivity contribution is 5.29. The Balaban J connectivity index is 2.24. The molecule has 1 nitrogen and oxygen atoms in total. The Morgan fingerprint density at radius 3 is 2.73 bits per heavy atom. The molecule has 1 aromatic carbocycles. The van der Waals surface area contributed by atoms with Gasteiger partial charge in [-0.25, -0.2) is 4.39 Å². The molecule has 0 bridgehead atoms. The number of nitrogens with one attached hydrogen (secondary N) is 1. The molecular weight excluding hydrogens is 189 g/mol. The van der Waals surface area contributed by atoms with Crippen LogP contribution in [0.2, 0.25) is 0 Å². The first kappa shape index (κ1) is 10.6. The average Bonchev–Trinajstić information content (AvgIpc) is 2.69. The SMILES string of the molecule is CC(C)c1ccc(C2CCCN2)cc1F. The van der Waals surface area contributed by atoms with E-state index in [2.05, 4.69) is 11.4 Å². The summed E-state index contributed by atoms with van der Waals surface area (Å²) in [7, 11) is 0. The maximum Gasteiger partial charge on any atom is 0.126 e. The van der Waals surface area contributed by atoms with Gasteiger partial charge in [0.2, 0.25) is 0 Å². The van der Waals surface area contributed by atoms with Crippen LogP contribution in [0.4, 0.5) is 4.39 Å². The van der Waals surface area contributed by atoms with Crippen LogP contribution in [0.3, 0.4) is 0 Å². The van der Waals surface area contributed by atoms with Crippen LogP contribution in [-0.4, -0.2) is 6.54 Å². The fourth-order valence-corrected chi connectivity index (χ4v) is 2.20. The first-order chi connectivity index (χ1) is 7.18. The molecule has 15 heavy (non-hydrogen) atoms. The molecule has 1 N–H and O–H groups in total. The minimum Gasteiger partial charge on any atom is -0.310 e. The van der Waals surface area contributed by atoms with Crippen molar-refractivity contribution in [1.29, 1.82) is 0 Å². The van der Waals surface area contributed by atoms with E-state index in [9.17, 15) is 4.39 Å². The topological polar surface area (TPSA) is 12.0 Å². The van der Waals surface area contributed by atoms with E-state index >= 15 is 0 Å². The number of rotatable bonds is 2. The zero-order chi connectivity index (χ0) is 10.8. The summed E-state index contributed by atoms with van der Waals surface area (Å²) in [5, 5.41) is 3.38. The molecule has 0 aliphatic carbocycles. The van der Waals surface area contributed by atoms with Crippen molar-refractivity contribution in [3.63, 3.8) is 0 Å². The van der Waals surface area contributed by atoms with Crippen molar-refractivity contribution in [2.24, 2.45) is 0 Å². The smallest absolute Gasteiger partial charge is 0.126 e. The molecule has 1 aromatic rings. The molecule has 1 aliphatic heterocycles. The van der Waals surface area contributed by atoms with Gasteiger partial charge in [-0.3, -0.25) is 0 Å². The zero-order valence-electron chi connectivity index (χ0n) is 9.39. The molecule has 1 unspecified atom stereocenters. The van der Waals surface area contributed by atoms with E-state index in [1.54, 1.807) is 6.07 Å². The number of hydrogen-bond acceptors (Lipinski definition) is 1.